The third kappa shape index (κ3) is 3.12. The number of carbonyl (C=O) groups excluding carboxylic acids is 1. The molecular weight excluding hydrogens is 404 g/mol. The van der Waals surface area contributed by atoms with E-state index in [1.165, 1.54) is 0 Å². The van der Waals surface area contributed by atoms with Crippen LogP contribution in [0.2, 0.25) is 0 Å². The van der Waals surface area contributed by atoms with E-state index in [0.717, 1.165) is 19.3 Å². The average molecular weight is 423 g/mol. The molecule has 5 nitrogen and oxygen atoms in total. The van der Waals surface area contributed by atoms with Crippen LogP contribution < -0.4 is 5.32 Å². The molecule has 0 radical (unpaired) electrons. The number of carbonyl (C=O) groups is 1. The zero-order valence-electron chi connectivity index (χ0n) is 14.0. The van der Waals surface area contributed by atoms with Crippen molar-refractivity contribution in [2.24, 2.45) is 23.2 Å². The van der Waals surface area contributed by atoms with Gasteiger partial charge in [0, 0.05) is 6.54 Å². The third-order valence-electron chi connectivity index (χ3n) is 6.29. The van der Waals surface area contributed by atoms with Gasteiger partial charge < -0.3 is 5.32 Å². The molecule has 0 aliphatic heterocycles. The summed E-state index contributed by atoms with van der Waals surface area (Å²) >= 11 is 0. The van der Waals surface area contributed by atoms with E-state index in [2.05, 4.69) is 0 Å². The van der Waals surface area contributed by atoms with Gasteiger partial charge in [0.15, 0.2) is 0 Å². The Bertz CT molecular complexity index is 680. The highest BCUT2D eigenvalue weighted by Gasteiger charge is 2.83. The number of hydrogen-bond acceptors (Lipinski definition) is 3. The average Bonchev–Trinajstić information content (AvgIpc) is 2.39. The van der Waals surface area contributed by atoms with Crippen LogP contribution in [0.4, 0.5) is 26.3 Å². The summed E-state index contributed by atoms with van der Waals surface area (Å²) in [7, 11) is -6.88. The lowest BCUT2D eigenvalue weighted by molar-refractivity contribution is -0.261. The molecule has 12 heteroatoms. The second-order valence-corrected chi connectivity index (χ2v) is 9.81. The molecule has 0 spiro atoms. The summed E-state index contributed by atoms with van der Waals surface area (Å²) < 4.78 is 104. The molecule has 0 heterocycles. The minimum atomic E-state index is -6.88. The lowest BCUT2D eigenvalue weighted by atomic mass is 9.49. The standard InChI is InChI=1S/C15H19F6NO4S/c16-14(17,18)13(15(19,20)21,27(24,25)26)11(23)22-7-12-4-8-1-9(5-12)3-10(2-8)6-12/h8-10H,1-7H2,(H,22,23)(H,24,25,26). The molecule has 0 aromatic heterocycles. The van der Waals surface area contributed by atoms with E-state index in [9.17, 15) is 39.6 Å². The summed E-state index contributed by atoms with van der Waals surface area (Å²) in [5.74, 6) is -1.83. The van der Waals surface area contributed by atoms with E-state index in [1.54, 1.807) is 5.32 Å². The van der Waals surface area contributed by atoms with Crippen LogP contribution in [-0.4, -0.2) is 42.5 Å². The van der Waals surface area contributed by atoms with Gasteiger partial charge in [-0.2, -0.15) is 34.8 Å². The van der Waals surface area contributed by atoms with E-state index in [-0.39, 0.29) is 0 Å². The lowest BCUT2D eigenvalue weighted by Crippen LogP contribution is -2.70. The molecule has 4 saturated carbocycles. The monoisotopic (exact) mass is 423 g/mol. The largest absolute Gasteiger partial charge is 0.428 e. The molecule has 0 aromatic carbocycles. The Balaban J connectivity index is 1.88. The number of nitrogens with one attached hydrogen (secondary N) is 1. The van der Waals surface area contributed by atoms with Gasteiger partial charge in [-0.3, -0.25) is 9.35 Å². The number of rotatable bonds is 4. The topological polar surface area (TPSA) is 83.5 Å². The highest BCUT2D eigenvalue weighted by Crippen LogP contribution is 2.60. The van der Waals surface area contributed by atoms with Crippen molar-refractivity contribution in [2.45, 2.75) is 55.6 Å². The van der Waals surface area contributed by atoms with Crippen molar-refractivity contribution in [3.8, 4) is 0 Å². The first-order valence-corrected chi connectivity index (χ1v) is 9.94. The maximum atomic E-state index is 13.2. The van der Waals surface area contributed by atoms with Crippen LogP contribution in [0, 0.1) is 23.2 Å². The summed E-state index contributed by atoms with van der Waals surface area (Å²) in [5, 5.41) is 1.58. The first-order valence-electron chi connectivity index (χ1n) is 8.50. The lowest BCUT2D eigenvalue weighted by Gasteiger charge is -2.57. The van der Waals surface area contributed by atoms with Crippen LogP contribution in [0.15, 0.2) is 0 Å². The Morgan fingerprint density at radius 1 is 0.926 bits per heavy atom. The minimum absolute atomic E-state index is 0.324. The fourth-order valence-electron chi connectivity index (χ4n) is 5.73. The highest BCUT2D eigenvalue weighted by molar-refractivity contribution is 7.88. The summed E-state index contributed by atoms with van der Waals surface area (Å²) in [6, 6.07) is 0. The third-order valence-corrected chi connectivity index (χ3v) is 7.72. The fraction of sp³-hybridized carbons (Fsp3) is 0.933. The Hall–Kier alpha value is -1.04. The number of amides is 1. The zero-order valence-corrected chi connectivity index (χ0v) is 14.8. The number of hydrogen-bond donors (Lipinski definition) is 2. The Morgan fingerprint density at radius 2 is 1.30 bits per heavy atom. The molecule has 0 saturated heterocycles. The molecule has 27 heavy (non-hydrogen) atoms. The smallest absolute Gasteiger partial charge is 0.353 e. The molecule has 4 rings (SSSR count). The van der Waals surface area contributed by atoms with E-state index in [1.807, 2.05) is 0 Å². The maximum Gasteiger partial charge on any atom is 0.428 e. The predicted molar refractivity (Wildman–Crippen MR) is 80.0 cm³/mol. The van der Waals surface area contributed by atoms with Crippen molar-refractivity contribution >= 4 is 16.0 Å². The summed E-state index contributed by atoms with van der Waals surface area (Å²) in [4.78, 5) is 12.0. The van der Waals surface area contributed by atoms with Gasteiger partial charge in [0.25, 0.3) is 16.0 Å². The van der Waals surface area contributed by atoms with Crippen LogP contribution in [0.25, 0.3) is 0 Å². The van der Waals surface area contributed by atoms with Crippen molar-refractivity contribution in [3.05, 3.63) is 0 Å². The van der Waals surface area contributed by atoms with Crippen molar-refractivity contribution in [1.82, 2.24) is 5.32 Å². The quantitative estimate of drug-likeness (QED) is 0.538. The van der Waals surface area contributed by atoms with Crippen LogP contribution in [0.1, 0.15) is 38.5 Å². The van der Waals surface area contributed by atoms with Gasteiger partial charge in [0.05, 0.1) is 0 Å². The maximum absolute atomic E-state index is 13.2. The molecule has 4 bridgehead atoms. The molecule has 0 atom stereocenters. The van der Waals surface area contributed by atoms with Crippen molar-refractivity contribution in [2.75, 3.05) is 6.54 Å². The van der Waals surface area contributed by atoms with Gasteiger partial charge in [0.2, 0.25) is 0 Å². The molecule has 2 N–H and O–H groups in total. The van der Waals surface area contributed by atoms with Gasteiger partial charge in [0.1, 0.15) is 0 Å². The molecule has 0 unspecified atom stereocenters. The minimum Gasteiger partial charge on any atom is -0.353 e. The summed E-state index contributed by atoms with van der Waals surface area (Å²) in [6.07, 6.45) is -8.52. The molecule has 156 valence electrons. The van der Waals surface area contributed by atoms with Crippen LogP contribution in [-0.2, 0) is 14.9 Å². The van der Waals surface area contributed by atoms with Gasteiger partial charge in [-0.25, -0.2) is 0 Å². The molecule has 0 aromatic rings. The second-order valence-electron chi connectivity index (χ2n) is 8.25. The molecule has 4 fully saturated rings. The Kier molecular flexibility index (Phi) is 4.58. The SMILES string of the molecule is O=C(NCC12CC3CC(CC(C3)C1)C2)C(C(F)(F)F)(C(F)(F)F)S(=O)(=O)O. The van der Waals surface area contributed by atoms with Crippen molar-refractivity contribution in [1.29, 1.82) is 0 Å². The van der Waals surface area contributed by atoms with E-state index in [0.29, 0.717) is 37.0 Å². The molecular formula is C15H19F6NO4S. The number of alkyl halides is 6. The van der Waals surface area contributed by atoms with Gasteiger partial charge in [-0.1, -0.05) is 0 Å². The summed E-state index contributed by atoms with van der Waals surface area (Å²) in [5.41, 5.74) is -0.618. The fourth-order valence-corrected chi connectivity index (χ4v) is 6.62. The zero-order chi connectivity index (χ0) is 20.5. The van der Waals surface area contributed by atoms with Crippen molar-refractivity contribution in [3.63, 3.8) is 0 Å². The molecule has 1 amide bonds. The highest BCUT2D eigenvalue weighted by atomic mass is 32.2. The normalized spacial score (nSPS) is 34.0. The molecule has 4 aliphatic rings. The van der Waals surface area contributed by atoms with Gasteiger partial charge in [-0.15, -0.1) is 0 Å². The van der Waals surface area contributed by atoms with Crippen LogP contribution in [0.5, 0.6) is 0 Å². The van der Waals surface area contributed by atoms with Gasteiger partial charge in [-0.05, 0) is 61.7 Å². The molecule has 4 aliphatic carbocycles. The number of halogens is 6. The van der Waals surface area contributed by atoms with E-state index >= 15 is 0 Å². The van der Waals surface area contributed by atoms with Crippen LogP contribution in [0.3, 0.4) is 0 Å². The van der Waals surface area contributed by atoms with Crippen LogP contribution >= 0.6 is 0 Å². The van der Waals surface area contributed by atoms with Crippen molar-refractivity contribution < 1.29 is 44.1 Å². The Labute approximate surface area is 151 Å². The first kappa shape index (κ1) is 20.7. The van der Waals surface area contributed by atoms with E-state index < -0.39 is 45.1 Å². The van der Waals surface area contributed by atoms with E-state index in [4.69, 9.17) is 4.55 Å². The predicted octanol–water partition coefficient (Wildman–Crippen LogP) is 3.07. The Morgan fingerprint density at radius 3 is 1.59 bits per heavy atom. The summed E-state index contributed by atoms with van der Waals surface area (Å²) in [6.45, 7) is -0.473. The van der Waals surface area contributed by atoms with Gasteiger partial charge >= 0.3 is 17.1 Å². The first-order chi connectivity index (χ1) is 12.1. The second kappa shape index (κ2) is 5.98.